The van der Waals surface area contributed by atoms with Crippen molar-refractivity contribution in [2.24, 2.45) is 5.92 Å². The van der Waals surface area contributed by atoms with Gasteiger partial charge in [-0.05, 0) is 18.8 Å². The molecule has 14 heavy (non-hydrogen) atoms. The Morgan fingerprint density at radius 3 is 2.43 bits per heavy atom. The first-order chi connectivity index (χ1) is 6.65. The summed E-state index contributed by atoms with van der Waals surface area (Å²) in [5, 5.41) is 20.9. The number of hydrogen-bond acceptors (Lipinski definition) is 3. The summed E-state index contributed by atoms with van der Waals surface area (Å²) in [4.78, 5) is 0. The van der Waals surface area contributed by atoms with Crippen molar-refractivity contribution in [1.82, 2.24) is 5.32 Å². The molecule has 0 aliphatic carbocycles. The molecule has 0 aromatic rings. The summed E-state index contributed by atoms with van der Waals surface area (Å²) in [5.74, 6) is 0.495. The lowest BCUT2D eigenvalue weighted by Crippen LogP contribution is -2.41. The molecular formula is C11H22N2O. The fraction of sp³-hybridized carbons (Fsp3) is 0.909. The average molecular weight is 198 g/mol. The van der Waals surface area contributed by atoms with Gasteiger partial charge in [-0.2, -0.15) is 5.26 Å². The van der Waals surface area contributed by atoms with Crippen molar-refractivity contribution in [2.45, 2.75) is 52.1 Å². The van der Waals surface area contributed by atoms with E-state index >= 15 is 0 Å². The molecule has 2 atom stereocenters. The zero-order valence-corrected chi connectivity index (χ0v) is 9.45. The number of hydrogen-bond donors (Lipinski definition) is 2. The molecule has 0 rings (SSSR count). The maximum atomic E-state index is 8.90. The third-order valence-electron chi connectivity index (χ3n) is 2.53. The predicted molar refractivity (Wildman–Crippen MR) is 57.8 cm³/mol. The summed E-state index contributed by atoms with van der Waals surface area (Å²) >= 11 is 0. The van der Waals surface area contributed by atoms with Crippen molar-refractivity contribution in [3.8, 4) is 6.07 Å². The Morgan fingerprint density at radius 1 is 1.43 bits per heavy atom. The van der Waals surface area contributed by atoms with E-state index < -0.39 is 0 Å². The maximum absolute atomic E-state index is 8.90. The summed E-state index contributed by atoms with van der Waals surface area (Å²) < 4.78 is 0. The van der Waals surface area contributed by atoms with Crippen LogP contribution in [-0.2, 0) is 0 Å². The van der Waals surface area contributed by atoms with Gasteiger partial charge in [-0.15, -0.1) is 0 Å². The van der Waals surface area contributed by atoms with Crippen molar-refractivity contribution in [2.75, 3.05) is 6.61 Å². The van der Waals surface area contributed by atoms with E-state index in [0.29, 0.717) is 18.4 Å². The van der Waals surface area contributed by atoms with Crippen LogP contribution in [0.15, 0.2) is 0 Å². The molecule has 3 heteroatoms. The molecule has 0 spiro atoms. The van der Waals surface area contributed by atoms with Gasteiger partial charge in [0.1, 0.15) is 0 Å². The second-order valence-corrected chi connectivity index (χ2v) is 4.00. The molecule has 0 aliphatic heterocycles. The van der Waals surface area contributed by atoms with E-state index in [1.807, 2.05) is 0 Å². The lowest BCUT2D eigenvalue weighted by molar-refractivity contribution is 0.233. The lowest BCUT2D eigenvalue weighted by atomic mass is 9.99. The molecule has 3 nitrogen and oxygen atoms in total. The van der Waals surface area contributed by atoms with Gasteiger partial charge in [0.05, 0.1) is 12.5 Å². The summed E-state index contributed by atoms with van der Waals surface area (Å²) in [6.45, 7) is 6.54. The molecule has 0 aromatic carbocycles. The van der Waals surface area contributed by atoms with Crippen molar-refractivity contribution in [1.29, 1.82) is 5.26 Å². The van der Waals surface area contributed by atoms with Crippen LogP contribution in [0.25, 0.3) is 0 Å². The second-order valence-electron chi connectivity index (χ2n) is 4.00. The summed E-state index contributed by atoms with van der Waals surface area (Å²) in [5.41, 5.74) is 0. The molecule has 0 bridgehead atoms. The van der Waals surface area contributed by atoms with Gasteiger partial charge in [-0.3, -0.25) is 0 Å². The zero-order valence-electron chi connectivity index (χ0n) is 9.45. The Bertz CT molecular complexity index is 175. The standard InChI is InChI=1S/C11H22N2O/c1-4-10(5-7-12)13-11(6-8-14)9(2)3/h9-11,13-14H,4-6,8H2,1-3H3. The SMILES string of the molecule is CCC(CC#N)NC(CCO)C(C)C. The number of rotatable bonds is 7. The Kier molecular flexibility index (Phi) is 7.45. The van der Waals surface area contributed by atoms with E-state index in [9.17, 15) is 0 Å². The molecule has 0 fully saturated rings. The maximum Gasteiger partial charge on any atom is 0.0638 e. The molecule has 0 saturated heterocycles. The fourth-order valence-corrected chi connectivity index (χ4v) is 1.48. The van der Waals surface area contributed by atoms with Gasteiger partial charge in [0.25, 0.3) is 0 Å². The van der Waals surface area contributed by atoms with Gasteiger partial charge >= 0.3 is 0 Å². The second kappa shape index (κ2) is 7.78. The van der Waals surface area contributed by atoms with Crippen molar-refractivity contribution in [3.05, 3.63) is 0 Å². The number of aliphatic hydroxyl groups excluding tert-OH is 1. The predicted octanol–water partition coefficient (Wildman–Crippen LogP) is 1.68. The molecule has 0 radical (unpaired) electrons. The molecule has 82 valence electrons. The minimum atomic E-state index is 0.207. The molecule has 2 N–H and O–H groups in total. The minimum absolute atomic E-state index is 0.207. The molecule has 0 heterocycles. The Labute approximate surface area is 87.1 Å². The zero-order chi connectivity index (χ0) is 11.0. The molecule has 0 aromatic heterocycles. The summed E-state index contributed by atoms with van der Waals surface area (Å²) in [6.07, 6.45) is 2.27. The van der Waals surface area contributed by atoms with E-state index in [2.05, 4.69) is 32.2 Å². The molecule has 0 saturated carbocycles. The number of nitrogens with one attached hydrogen (secondary N) is 1. The smallest absolute Gasteiger partial charge is 0.0638 e. The first-order valence-corrected chi connectivity index (χ1v) is 5.39. The topological polar surface area (TPSA) is 56.0 Å². The van der Waals surface area contributed by atoms with E-state index in [1.54, 1.807) is 0 Å². The normalized spacial score (nSPS) is 15.1. The van der Waals surface area contributed by atoms with E-state index in [4.69, 9.17) is 10.4 Å². The Hall–Kier alpha value is -0.590. The molecule has 2 unspecified atom stereocenters. The first kappa shape index (κ1) is 13.4. The van der Waals surface area contributed by atoms with Crippen LogP contribution in [0.4, 0.5) is 0 Å². The first-order valence-electron chi connectivity index (χ1n) is 5.39. The van der Waals surface area contributed by atoms with Crippen molar-refractivity contribution in [3.63, 3.8) is 0 Å². The summed E-state index contributed by atoms with van der Waals surface area (Å²) in [6, 6.07) is 2.76. The number of aliphatic hydroxyl groups is 1. The highest BCUT2D eigenvalue weighted by Gasteiger charge is 2.16. The van der Waals surface area contributed by atoms with E-state index in [-0.39, 0.29) is 12.6 Å². The van der Waals surface area contributed by atoms with Gasteiger partial charge in [-0.25, -0.2) is 0 Å². The minimum Gasteiger partial charge on any atom is -0.396 e. The van der Waals surface area contributed by atoms with Crippen LogP contribution in [0, 0.1) is 17.2 Å². The van der Waals surface area contributed by atoms with Crippen LogP contribution >= 0.6 is 0 Å². The third kappa shape index (κ3) is 5.21. The molecule has 0 aliphatic rings. The van der Waals surface area contributed by atoms with Crippen LogP contribution in [0.5, 0.6) is 0 Å². The Balaban J connectivity index is 4.05. The van der Waals surface area contributed by atoms with E-state index in [0.717, 1.165) is 12.8 Å². The highest BCUT2D eigenvalue weighted by atomic mass is 16.3. The number of nitriles is 1. The van der Waals surface area contributed by atoms with Crippen LogP contribution in [0.1, 0.15) is 40.0 Å². The fourth-order valence-electron chi connectivity index (χ4n) is 1.48. The number of nitrogens with zero attached hydrogens (tertiary/aromatic N) is 1. The van der Waals surface area contributed by atoms with Crippen LogP contribution < -0.4 is 5.32 Å². The van der Waals surface area contributed by atoms with Crippen molar-refractivity contribution >= 4 is 0 Å². The van der Waals surface area contributed by atoms with Gasteiger partial charge in [-0.1, -0.05) is 20.8 Å². The average Bonchev–Trinajstić information content (AvgIpc) is 2.15. The van der Waals surface area contributed by atoms with Crippen molar-refractivity contribution < 1.29 is 5.11 Å². The summed E-state index contributed by atoms with van der Waals surface area (Å²) in [7, 11) is 0. The molecule has 0 amide bonds. The van der Waals surface area contributed by atoms with Crippen LogP contribution in [0.3, 0.4) is 0 Å². The highest BCUT2D eigenvalue weighted by molar-refractivity contribution is 4.83. The third-order valence-corrected chi connectivity index (χ3v) is 2.53. The molecular weight excluding hydrogens is 176 g/mol. The lowest BCUT2D eigenvalue weighted by Gasteiger charge is -2.26. The largest absolute Gasteiger partial charge is 0.396 e. The van der Waals surface area contributed by atoms with Gasteiger partial charge < -0.3 is 10.4 Å². The Morgan fingerprint density at radius 2 is 2.07 bits per heavy atom. The van der Waals surface area contributed by atoms with Crippen LogP contribution in [0.2, 0.25) is 0 Å². The highest BCUT2D eigenvalue weighted by Crippen LogP contribution is 2.09. The quantitative estimate of drug-likeness (QED) is 0.654. The van der Waals surface area contributed by atoms with Gasteiger partial charge in [0.2, 0.25) is 0 Å². The monoisotopic (exact) mass is 198 g/mol. The van der Waals surface area contributed by atoms with Gasteiger partial charge in [0.15, 0.2) is 0 Å². The van der Waals surface area contributed by atoms with Gasteiger partial charge in [0, 0.05) is 18.7 Å². The van der Waals surface area contributed by atoms with Crippen LogP contribution in [-0.4, -0.2) is 23.8 Å². The van der Waals surface area contributed by atoms with E-state index in [1.165, 1.54) is 0 Å².